The highest BCUT2D eigenvalue weighted by Crippen LogP contribution is 2.25. The maximum Gasteiger partial charge on any atom is 0.335 e. The SMILES string of the molecule is N#Cc1ccc(COc2cccc(O[C@@H]3CCN(Cc4nc5ccc(C(=O)O)cc5n4C[C@@H]4CCO4)C3)n2)c(F)c1. The lowest BCUT2D eigenvalue weighted by molar-refractivity contribution is -0.0591. The van der Waals surface area contributed by atoms with Gasteiger partial charge in [-0.05, 0) is 43.2 Å². The molecule has 2 fully saturated rings. The van der Waals surface area contributed by atoms with Gasteiger partial charge in [-0.3, -0.25) is 4.90 Å². The molecule has 10 nitrogen and oxygen atoms in total. The van der Waals surface area contributed by atoms with Crippen LogP contribution in [0.5, 0.6) is 11.8 Å². The van der Waals surface area contributed by atoms with E-state index < -0.39 is 11.8 Å². The van der Waals surface area contributed by atoms with E-state index in [9.17, 15) is 14.3 Å². The Labute approximate surface area is 235 Å². The first-order valence-electron chi connectivity index (χ1n) is 13.5. The van der Waals surface area contributed by atoms with Crippen molar-refractivity contribution in [2.24, 2.45) is 0 Å². The number of nitrogens with zero attached hydrogens (tertiary/aromatic N) is 5. The fourth-order valence-corrected chi connectivity index (χ4v) is 5.10. The average molecular weight is 558 g/mol. The van der Waals surface area contributed by atoms with Gasteiger partial charge >= 0.3 is 5.97 Å². The first-order valence-corrected chi connectivity index (χ1v) is 13.5. The van der Waals surface area contributed by atoms with Gasteiger partial charge < -0.3 is 23.9 Å². The predicted octanol–water partition coefficient (Wildman–Crippen LogP) is 4.16. The molecule has 2 atom stereocenters. The quantitative estimate of drug-likeness (QED) is 0.306. The molecule has 2 aromatic carbocycles. The Bertz CT molecular complexity index is 1630. The lowest BCUT2D eigenvalue weighted by atomic mass is 10.1. The Morgan fingerprint density at radius 1 is 1.15 bits per heavy atom. The van der Waals surface area contributed by atoms with Crippen molar-refractivity contribution in [3.05, 3.63) is 82.9 Å². The maximum absolute atomic E-state index is 14.2. The third-order valence-corrected chi connectivity index (χ3v) is 7.39. The highest BCUT2D eigenvalue weighted by molar-refractivity contribution is 5.92. The number of hydrogen-bond acceptors (Lipinski definition) is 8. The summed E-state index contributed by atoms with van der Waals surface area (Å²) in [5.74, 6) is 0.130. The van der Waals surface area contributed by atoms with Gasteiger partial charge in [0.05, 0.1) is 47.4 Å². The Morgan fingerprint density at radius 2 is 2.00 bits per heavy atom. The van der Waals surface area contributed by atoms with E-state index in [1.54, 1.807) is 42.5 Å². The first-order chi connectivity index (χ1) is 19.9. The van der Waals surface area contributed by atoms with Crippen molar-refractivity contribution in [2.45, 2.75) is 44.7 Å². The summed E-state index contributed by atoms with van der Waals surface area (Å²) in [7, 11) is 0. The molecule has 2 aliphatic heterocycles. The number of halogens is 1. The van der Waals surface area contributed by atoms with Crippen LogP contribution in [0.4, 0.5) is 4.39 Å². The zero-order valence-corrected chi connectivity index (χ0v) is 22.2. The van der Waals surface area contributed by atoms with Gasteiger partial charge in [-0.2, -0.15) is 10.2 Å². The normalized spacial score (nSPS) is 18.6. The minimum absolute atomic E-state index is 0.0218. The van der Waals surface area contributed by atoms with E-state index >= 15 is 0 Å². The third-order valence-electron chi connectivity index (χ3n) is 7.39. The summed E-state index contributed by atoms with van der Waals surface area (Å²) >= 11 is 0. The minimum atomic E-state index is -0.967. The van der Waals surface area contributed by atoms with Crippen molar-refractivity contribution in [1.29, 1.82) is 5.26 Å². The number of fused-ring (bicyclic) bond motifs is 1. The number of pyridine rings is 1. The van der Waals surface area contributed by atoms with E-state index in [1.807, 2.05) is 6.07 Å². The summed E-state index contributed by atoms with van der Waals surface area (Å²) in [5.41, 5.74) is 2.37. The van der Waals surface area contributed by atoms with Crippen molar-refractivity contribution in [1.82, 2.24) is 19.4 Å². The van der Waals surface area contributed by atoms with Gasteiger partial charge in [0, 0.05) is 37.4 Å². The fraction of sp³-hybridized carbons (Fsp3) is 0.333. The number of aromatic carboxylic acids is 1. The highest BCUT2D eigenvalue weighted by atomic mass is 19.1. The molecule has 0 saturated carbocycles. The molecule has 210 valence electrons. The number of aromatic nitrogens is 3. The van der Waals surface area contributed by atoms with E-state index in [0.717, 1.165) is 42.9 Å². The summed E-state index contributed by atoms with van der Waals surface area (Å²) in [6.07, 6.45) is 1.79. The van der Waals surface area contributed by atoms with Gasteiger partial charge in [-0.15, -0.1) is 0 Å². The first kappa shape index (κ1) is 26.7. The summed E-state index contributed by atoms with van der Waals surface area (Å²) in [6.45, 7) is 3.42. The largest absolute Gasteiger partial charge is 0.478 e. The van der Waals surface area contributed by atoms with Crippen LogP contribution in [0.3, 0.4) is 0 Å². The molecule has 0 unspecified atom stereocenters. The zero-order chi connectivity index (χ0) is 28.3. The van der Waals surface area contributed by atoms with Crippen LogP contribution >= 0.6 is 0 Å². The number of nitriles is 1. The van der Waals surface area contributed by atoms with Crippen LogP contribution in [-0.4, -0.2) is 62.4 Å². The second kappa shape index (κ2) is 11.5. The molecule has 6 rings (SSSR count). The molecule has 11 heteroatoms. The summed E-state index contributed by atoms with van der Waals surface area (Å²) in [6, 6.07) is 16.4. The molecular formula is C30H28FN5O5. The molecule has 2 saturated heterocycles. The predicted molar refractivity (Wildman–Crippen MR) is 145 cm³/mol. The number of carbonyl (C=O) groups is 1. The summed E-state index contributed by atoms with van der Waals surface area (Å²) in [4.78, 5) is 23.1. The molecule has 4 aromatic rings. The highest BCUT2D eigenvalue weighted by Gasteiger charge is 2.28. The zero-order valence-electron chi connectivity index (χ0n) is 22.2. The average Bonchev–Trinajstić information content (AvgIpc) is 3.53. The van der Waals surface area contributed by atoms with Gasteiger partial charge in [0.25, 0.3) is 0 Å². The van der Waals surface area contributed by atoms with Crippen LogP contribution in [0.15, 0.2) is 54.6 Å². The molecule has 2 aromatic heterocycles. The second-order valence-corrected chi connectivity index (χ2v) is 10.2. The van der Waals surface area contributed by atoms with Crippen molar-refractivity contribution in [3.63, 3.8) is 0 Å². The number of benzene rings is 2. The molecule has 0 spiro atoms. The van der Waals surface area contributed by atoms with Crippen LogP contribution in [0.2, 0.25) is 0 Å². The molecule has 4 heterocycles. The van der Waals surface area contributed by atoms with Crippen molar-refractivity contribution >= 4 is 17.0 Å². The number of rotatable bonds is 10. The smallest absolute Gasteiger partial charge is 0.335 e. The van der Waals surface area contributed by atoms with Crippen molar-refractivity contribution in [3.8, 4) is 17.8 Å². The third kappa shape index (κ3) is 5.99. The topological polar surface area (TPSA) is 123 Å². The molecule has 2 aliphatic rings. The molecule has 0 aliphatic carbocycles. The van der Waals surface area contributed by atoms with Gasteiger partial charge in [-0.25, -0.2) is 14.2 Å². The van der Waals surface area contributed by atoms with E-state index in [4.69, 9.17) is 24.5 Å². The lowest BCUT2D eigenvalue weighted by Gasteiger charge is -2.28. The van der Waals surface area contributed by atoms with Gasteiger partial charge in [-0.1, -0.05) is 12.1 Å². The maximum atomic E-state index is 14.2. The Morgan fingerprint density at radius 3 is 2.76 bits per heavy atom. The summed E-state index contributed by atoms with van der Waals surface area (Å²) < 4.78 is 33.8. The van der Waals surface area contributed by atoms with E-state index in [2.05, 4.69) is 14.5 Å². The van der Waals surface area contributed by atoms with Crippen LogP contribution in [0.25, 0.3) is 11.0 Å². The van der Waals surface area contributed by atoms with Gasteiger partial charge in [0.15, 0.2) is 0 Å². The Hall–Kier alpha value is -4.53. The number of likely N-dealkylation sites (tertiary alicyclic amines) is 1. The monoisotopic (exact) mass is 557 g/mol. The van der Waals surface area contributed by atoms with Crippen molar-refractivity contribution < 1.29 is 28.5 Å². The van der Waals surface area contributed by atoms with E-state index in [-0.39, 0.29) is 29.9 Å². The van der Waals surface area contributed by atoms with Crippen molar-refractivity contribution in [2.75, 3.05) is 19.7 Å². The molecule has 41 heavy (non-hydrogen) atoms. The Kier molecular flexibility index (Phi) is 7.50. The van der Waals surface area contributed by atoms with Crippen LogP contribution in [-0.2, 0) is 24.4 Å². The molecular weight excluding hydrogens is 529 g/mol. The standard InChI is InChI=1S/C30H28FN5O5/c31-24-12-19(14-32)4-5-21(24)18-40-28-2-1-3-29(34-28)41-23-8-10-35(15-23)17-27-33-25-7-6-20(30(37)38)13-26(25)36(27)16-22-9-11-39-22/h1-7,12-13,22-23H,8-11,15-18H2,(H,37,38)/t22-,23+/m0/s1. The van der Waals surface area contributed by atoms with Crippen LogP contribution < -0.4 is 9.47 Å². The fourth-order valence-electron chi connectivity index (χ4n) is 5.10. The number of carboxylic acids is 1. The summed E-state index contributed by atoms with van der Waals surface area (Å²) in [5, 5.41) is 18.4. The number of imidazole rings is 1. The second-order valence-electron chi connectivity index (χ2n) is 10.2. The van der Waals surface area contributed by atoms with Gasteiger partial charge in [0.2, 0.25) is 11.8 Å². The number of hydrogen-bond donors (Lipinski definition) is 1. The molecule has 0 bridgehead atoms. The van der Waals surface area contributed by atoms with Crippen LogP contribution in [0, 0.1) is 17.1 Å². The molecule has 1 N–H and O–H groups in total. The number of ether oxygens (including phenoxy) is 3. The molecule has 0 amide bonds. The van der Waals surface area contributed by atoms with Gasteiger partial charge in [0.1, 0.15) is 24.4 Å². The van der Waals surface area contributed by atoms with E-state index in [1.165, 1.54) is 12.1 Å². The van der Waals surface area contributed by atoms with Crippen LogP contribution in [0.1, 0.15) is 40.2 Å². The Balaban J connectivity index is 1.09. The lowest BCUT2D eigenvalue weighted by Crippen LogP contribution is -2.33. The van der Waals surface area contributed by atoms with E-state index in [0.29, 0.717) is 37.0 Å². The minimum Gasteiger partial charge on any atom is -0.478 e. The molecule has 0 radical (unpaired) electrons. The number of carboxylic acid groups (broad SMARTS) is 1.